The maximum atomic E-state index is 12.4. The molecule has 2 fully saturated rings. The van der Waals surface area contributed by atoms with Gasteiger partial charge in [0.25, 0.3) is 0 Å². The van der Waals surface area contributed by atoms with E-state index in [2.05, 4.69) is 19.2 Å². The van der Waals surface area contributed by atoms with E-state index in [0.29, 0.717) is 24.9 Å². The van der Waals surface area contributed by atoms with Gasteiger partial charge < -0.3 is 15.1 Å². The van der Waals surface area contributed by atoms with Crippen LogP contribution in [-0.2, 0) is 4.79 Å². The molecule has 138 valence electrons. The summed E-state index contributed by atoms with van der Waals surface area (Å²) in [6, 6.07) is 0.0528. The van der Waals surface area contributed by atoms with Crippen molar-refractivity contribution < 1.29 is 9.59 Å². The Morgan fingerprint density at radius 3 is 2.29 bits per heavy atom. The van der Waals surface area contributed by atoms with Crippen LogP contribution in [0.4, 0.5) is 4.79 Å². The van der Waals surface area contributed by atoms with Crippen LogP contribution in [-0.4, -0.2) is 54.5 Å². The number of unbranched alkanes of at least 4 members (excludes halogenated alkanes) is 1. The van der Waals surface area contributed by atoms with E-state index in [1.807, 2.05) is 9.80 Å². The van der Waals surface area contributed by atoms with Crippen molar-refractivity contribution in [3.8, 4) is 0 Å². The Morgan fingerprint density at radius 1 is 1.04 bits per heavy atom. The molecule has 0 bridgehead atoms. The van der Waals surface area contributed by atoms with Gasteiger partial charge in [0, 0.05) is 38.6 Å². The molecule has 0 radical (unpaired) electrons. The van der Waals surface area contributed by atoms with Crippen LogP contribution in [0.1, 0.15) is 65.2 Å². The third kappa shape index (κ3) is 5.38. The van der Waals surface area contributed by atoms with Gasteiger partial charge in [-0.2, -0.15) is 0 Å². The smallest absolute Gasteiger partial charge is 0.317 e. The fourth-order valence-electron chi connectivity index (χ4n) is 3.81. The highest BCUT2D eigenvalue weighted by atomic mass is 16.2. The minimum absolute atomic E-state index is 0.0528. The molecular weight excluding hydrogens is 302 g/mol. The molecule has 2 heterocycles. The number of carbonyl (C=O) groups excluding carboxylic acids is 2. The molecule has 0 aliphatic carbocycles. The summed E-state index contributed by atoms with van der Waals surface area (Å²) in [5, 5.41) is 3.10. The number of rotatable bonds is 7. The molecule has 0 spiro atoms. The van der Waals surface area contributed by atoms with Crippen molar-refractivity contribution in [3.05, 3.63) is 0 Å². The highest BCUT2D eigenvalue weighted by Crippen LogP contribution is 2.22. The Labute approximate surface area is 147 Å². The molecule has 2 aliphatic heterocycles. The largest absolute Gasteiger partial charge is 0.342 e. The van der Waals surface area contributed by atoms with Gasteiger partial charge in [-0.3, -0.25) is 4.79 Å². The molecule has 0 saturated carbocycles. The summed E-state index contributed by atoms with van der Waals surface area (Å²) in [6.45, 7) is 8.46. The van der Waals surface area contributed by atoms with Crippen molar-refractivity contribution >= 4 is 11.9 Å². The number of hydrogen-bond donors (Lipinski definition) is 1. The lowest BCUT2D eigenvalue weighted by atomic mass is 9.95. The summed E-state index contributed by atoms with van der Waals surface area (Å²) in [6.07, 6.45) is 8.67. The zero-order valence-corrected chi connectivity index (χ0v) is 15.6. The van der Waals surface area contributed by atoms with Gasteiger partial charge in [-0.25, -0.2) is 4.79 Å². The van der Waals surface area contributed by atoms with Crippen molar-refractivity contribution in [3.63, 3.8) is 0 Å². The molecular formula is C19H35N3O2. The van der Waals surface area contributed by atoms with Crippen LogP contribution in [0.5, 0.6) is 0 Å². The molecule has 1 unspecified atom stereocenters. The average Bonchev–Trinajstić information content (AvgIpc) is 3.16. The van der Waals surface area contributed by atoms with Gasteiger partial charge >= 0.3 is 6.03 Å². The van der Waals surface area contributed by atoms with Crippen molar-refractivity contribution in [2.45, 2.75) is 65.2 Å². The van der Waals surface area contributed by atoms with E-state index in [1.54, 1.807) is 0 Å². The van der Waals surface area contributed by atoms with E-state index >= 15 is 0 Å². The van der Waals surface area contributed by atoms with Crippen molar-refractivity contribution in [1.29, 1.82) is 0 Å². The number of piperidine rings is 1. The standard InChI is InChI=1S/C19H35N3O2/c1-3-5-8-16(4-2)15-20-19(24)22-13-9-17(10-14-22)18(23)21-11-6-7-12-21/h16-17H,3-15H2,1-2H3,(H,20,24). The van der Waals surface area contributed by atoms with Crippen molar-refractivity contribution in [2.75, 3.05) is 32.7 Å². The second kappa shape index (κ2) is 9.90. The fraction of sp³-hybridized carbons (Fsp3) is 0.895. The molecule has 0 aromatic rings. The number of nitrogens with zero attached hydrogens (tertiary/aromatic N) is 2. The summed E-state index contributed by atoms with van der Waals surface area (Å²) in [4.78, 5) is 28.7. The monoisotopic (exact) mass is 337 g/mol. The van der Waals surface area contributed by atoms with Gasteiger partial charge in [0.2, 0.25) is 5.91 Å². The molecule has 1 N–H and O–H groups in total. The lowest BCUT2D eigenvalue weighted by Gasteiger charge is -2.33. The van der Waals surface area contributed by atoms with E-state index in [0.717, 1.165) is 51.7 Å². The molecule has 2 saturated heterocycles. The number of nitrogens with one attached hydrogen (secondary N) is 1. The van der Waals surface area contributed by atoms with Gasteiger partial charge in [0.1, 0.15) is 0 Å². The summed E-state index contributed by atoms with van der Waals surface area (Å²) >= 11 is 0. The van der Waals surface area contributed by atoms with Crippen molar-refractivity contribution in [2.24, 2.45) is 11.8 Å². The molecule has 2 rings (SSSR count). The predicted molar refractivity (Wildman–Crippen MR) is 96.8 cm³/mol. The minimum Gasteiger partial charge on any atom is -0.342 e. The van der Waals surface area contributed by atoms with Crippen LogP contribution in [0.25, 0.3) is 0 Å². The number of carbonyl (C=O) groups is 2. The zero-order valence-electron chi connectivity index (χ0n) is 15.6. The summed E-state index contributed by atoms with van der Waals surface area (Å²) < 4.78 is 0. The van der Waals surface area contributed by atoms with E-state index in [4.69, 9.17) is 0 Å². The molecule has 0 aromatic heterocycles. The first-order valence-electron chi connectivity index (χ1n) is 9.97. The van der Waals surface area contributed by atoms with Gasteiger partial charge in [0.15, 0.2) is 0 Å². The lowest BCUT2D eigenvalue weighted by Crippen LogP contribution is -2.48. The summed E-state index contributed by atoms with van der Waals surface area (Å²) in [5.41, 5.74) is 0. The topological polar surface area (TPSA) is 52.7 Å². The highest BCUT2D eigenvalue weighted by molar-refractivity contribution is 5.80. The number of amides is 3. The number of urea groups is 1. The van der Waals surface area contributed by atoms with E-state index in [-0.39, 0.29) is 11.9 Å². The number of likely N-dealkylation sites (tertiary alicyclic amines) is 2. The second-order valence-electron chi connectivity index (χ2n) is 7.40. The Bertz CT molecular complexity index is 399. The van der Waals surface area contributed by atoms with Gasteiger partial charge in [-0.1, -0.05) is 33.1 Å². The van der Waals surface area contributed by atoms with Crippen LogP contribution >= 0.6 is 0 Å². The quantitative estimate of drug-likeness (QED) is 0.775. The molecule has 1 atom stereocenters. The lowest BCUT2D eigenvalue weighted by molar-refractivity contribution is -0.135. The van der Waals surface area contributed by atoms with Crippen LogP contribution in [0, 0.1) is 11.8 Å². The normalized spacial score (nSPS) is 20.2. The molecule has 0 aromatic carbocycles. The average molecular weight is 338 g/mol. The SMILES string of the molecule is CCCCC(CC)CNC(=O)N1CCC(C(=O)N2CCCC2)CC1. The fourth-order valence-corrected chi connectivity index (χ4v) is 3.81. The molecule has 5 nitrogen and oxygen atoms in total. The Balaban J connectivity index is 1.69. The third-order valence-corrected chi connectivity index (χ3v) is 5.63. The van der Waals surface area contributed by atoms with E-state index in [9.17, 15) is 9.59 Å². The molecule has 3 amide bonds. The second-order valence-corrected chi connectivity index (χ2v) is 7.40. The van der Waals surface area contributed by atoms with Crippen LogP contribution < -0.4 is 5.32 Å². The van der Waals surface area contributed by atoms with Gasteiger partial charge in [-0.05, 0) is 38.0 Å². The Kier molecular flexibility index (Phi) is 7.86. The first kappa shape index (κ1) is 19.1. The maximum Gasteiger partial charge on any atom is 0.317 e. The summed E-state index contributed by atoms with van der Waals surface area (Å²) in [7, 11) is 0. The molecule has 5 heteroatoms. The van der Waals surface area contributed by atoms with Crippen LogP contribution in [0.2, 0.25) is 0 Å². The zero-order chi connectivity index (χ0) is 17.4. The first-order chi connectivity index (χ1) is 11.7. The minimum atomic E-state index is 0.0528. The van der Waals surface area contributed by atoms with Crippen LogP contribution in [0.3, 0.4) is 0 Å². The third-order valence-electron chi connectivity index (χ3n) is 5.63. The Morgan fingerprint density at radius 2 is 1.71 bits per heavy atom. The Hall–Kier alpha value is -1.26. The van der Waals surface area contributed by atoms with Crippen molar-refractivity contribution in [1.82, 2.24) is 15.1 Å². The first-order valence-corrected chi connectivity index (χ1v) is 9.97. The predicted octanol–water partition coefficient (Wildman–Crippen LogP) is 3.25. The van der Waals surface area contributed by atoms with Gasteiger partial charge in [-0.15, -0.1) is 0 Å². The van der Waals surface area contributed by atoms with E-state index < -0.39 is 0 Å². The molecule has 2 aliphatic rings. The van der Waals surface area contributed by atoms with E-state index in [1.165, 1.54) is 19.3 Å². The van der Waals surface area contributed by atoms with Crippen LogP contribution in [0.15, 0.2) is 0 Å². The maximum absolute atomic E-state index is 12.4. The molecule has 24 heavy (non-hydrogen) atoms. The highest BCUT2D eigenvalue weighted by Gasteiger charge is 2.31. The van der Waals surface area contributed by atoms with Gasteiger partial charge in [0.05, 0.1) is 0 Å². The number of hydrogen-bond acceptors (Lipinski definition) is 2. The summed E-state index contributed by atoms with van der Waals surface area (Å²) in [5.74, 6) is 1.03.